The van der Waals surface area contributed by atoms with Crippen molar-refractivity contribution in [3.8, 4) is 0 Å². The summed E-state index contributed by atoms with van der Waals surface area (Å²) in [6, 6.07) is 0.166. The minimum Gasteiger partial charge on any atom is -0.453 e. The molecule has 1 aliphatic carbocycles. The lowest BCUT2D eigenvalue weighted by molar-refractivity contribution is 0.165. The molecule has 0 heterocycles. The van der Waals surface area contributed by atoms with Gasteiger partial charge in [0.2, 0.25) is 0 Å². The Morgan fingerprint density at radius 2 is 2.31 bits per heavy atom. The SMILES string of the molecule is COC(=O)N[C@@H]1C[C@H](CO)[C@@H](C)C1. The number of carbonyl (C=O) groups excluding carboxylic acids is 1. The molecule has 1 saturated carbocycles. The van der Waals surface area contributed by atoms with Crippen LogP contribution in [0, 0.1) is 11.8 Å². The molecule has 0 unspecified atom stereocenters. The van der Waals surface area contributed by atoms with Gasteiger partial charge in [-0.05, 0) is 24.7 Å². The Bertz CT molecular complexity index is 184. The summed E-state index contributed by atoms with van der Waals surface area (Å²) in [6.45, 7) is 2.31. The first-order valence-electron chi connectivity index (χ1n) is 4.62. The topological polar surface area (TPSA) is 58.6 Å². The van der Waals surface area contributed by atoms with Gasteiger partial charge in [-0.3, -0.25) is 0 Å². The van der Waals surface area contributed by atoms with E-state index >= 15 is 0 Å². The maximum atomic E-state index is 10.9. The van der Waals surface area contributed by atoms with Gasteiger partial charge >= 0.3 is 6.09 Å². The molecule has 2 N–H and O–H groups in total. The average Bonchev–Trinajstić information content (AvgIpc) is 2.46. The first kappa shape index (κ1) is 10.3. The minimum atomic E-state index is -0.379. The van der Waals surface area contributed by atoms with Crippen molar-refractivity contribution in [3.05, 3.63) is 0 Å². The first-order valence-corrected chi connectivity index (χ1v) is 4.62. The molecule has 1 rings (SSSR count). The van der Waals surface area contributed by atoms with Crippen LogP contribution in [-0.4, -0.2) is 31.0 Å². The molecule has 4 nitrogen and oxygen atoms in total. The lowest BCUT2D eigenvalue weighted by atomic mass is 10.00. The smallest absolute Gasteiger partial charge is 0.407 e. The molecule has 0 aromatic rings. The Morgan fingerprint density at radius 3 is 2.77 bits per heavy atom. The van der Waals surface area contributed by atoms with Crippen molar-refractivity contribution in [2.75, 3.05) is 13.7 Å². The van der Waals surface area contributed by atoms with E-state index in [1.54, 1.807) is 0 Å². The number of ether oxygens (including phenoxy) is 1. The summed E-state index contributed by atoms with van der Waals surface area (Å²) in [6.07, 6.45) is 1.41. The number of hydrogen-bond acceptors (Lipinski definition) is 3. The van der Waals surface area contributed by atoms with Gasteiger partial charge < -0.3 is 15.2 Å². The van der Waals surface area contributed by atoms with Gasteiger partial charge in [0.05, 0.1) is 7.11 Å². The van der Waals surface area contributed by atoms with Crippen LogP contribution in [0.2, 0.25) is 0 Å². The van der Waals surface area contributed by atoms with Gasteiger partial charge in [0.1, 0.15) is 0 Å². The third-order valence-corrected chi connectivity index (χ3v) is 2.79. The van der Waals surface area contributed by atoms with Gasteiger partial charge in [0.15, 0.2) is 0 Å². The number of aliphatic hydroxyl groups excluding tert-OH is 1. The Labute approximate surface area is 78.3 Å². The highest BCUT2D eigenvalue weighted by molar-refractivity contribution is 5.67. The highest BCUT2D eigenvalue weighted by Crippen LogP contribution is 2.31. The van der Waals surface area contributed by atoms with Crippen molar-refractivity contribution in [2.45, 2.75) is 25.8 Å². The van der Waals surface area contributed by atoms with Crippen LogP contribution in [0.1, 0.15) is 19.8 Å². The predicted octanol–water partition coefficient (Wildman–Crippen LogP) is 0.749. The van der Waals surface area contributed by atoms with E-state index in [2.05, 4.69) is 17.0 Å². The van der Waals surface area contributed by atoms with Crippen LogP contribution in [0.3, 0.4) is 0 Å². The summed E-state index contributed by atoms with van der Waals surface area (Å²) in [4.78, 5) is 10.9. The van der Waals surface area contributed by atoms with Crippen LogP contribution < -0.4 is 5.32 Å². The van der Waals surface area contributed by atoms with Crippen LogP contribution in [0.5, 0.6) is 0 Å². The number of hydrogen-bond donors (Lipinski definition) is 2. The van der Waals surface area contributed by atoms with Gasteiger partial charge in [0.25, 0.3) is 0 Å². The fourth-order valence-corrected chi connectivity index (χ4v) is 1.93. The summed E-state index contributed by atoms with van der Waals surface area (Å²) >= 11 is 0. The standard InChI is InChI=1S/C9H17NO3/c1-6-3-8(4-7(6)5-11)10-9(12)13-2/h6-8,11H,3-5H2,1-2H3,(H,10,12)/t6-,7+,8-/m0/s1. The quantitative estimate of drug-likeness (QED) is 0.670. The lowest BCUT2D eigenvalue weighted by Gasteiger charge is -2.10. The van der Waals surface area contributed by atoms with Crippen molar-refractivity contribution >= 4 is 6.09 Å². The van der Waals surface area contributed by atoms with E-state index < -0.39 is 0 Å². The highest BCUT2D eigenvalue weighted by atomic mass is 16.5. The average molecular weight is 187 g/mol. The van der Waals surface area contributed by atoms with Crippen LogP contribution in [0.25, 0.3) is 0 Å². The molecular weight excluding hydrogens is 170 g/mol. The van der Waals surface area contributed by atoms with E-state index in [9.17, 15) is 4.79 Å². The Hall–Kier alpha value is -0.770. The van der Waals surface area contributed by atoms with Crippen molar-refractivity contribution in [1.82, 2.24) is 5.32 Å². The van der Waals surface area contributed by atoms with Crippen molar-refractivity contribution in [2.24, 2.45) is 11.8 Å². The fraction of sp³-hybridized carbons (Fsp3) is 0.889. The van der Waals surface area contributed by atoms with Gasteiger partial charge in [-0.2, -0.15) is 0 Å². The third-order valence-electron chi connectivity index (χ3n) is 2.79. The second-order valence-electron chi connectivity index (χ2n) is 3.72. The summed E-state index contributed by atoms with van der Waals surface area (Å²) in [5.74, 6) is 0.800. The number of alkyl carbamates (subject to hydrolysis) is 1. The van der Waals surface area contributed by atoms with E-state index in [-0.39, 0.29) is 18.7 Å². The summed E-state index contributed by atoms with van der Waals surface area (Å²) < 4.78 is 4.50. The van der Waals surface area contributed by atoms with Gasteiger partial charge in [0, 0.05) is 12.6 Å². The molecule has 4 heteroatoms. The number of methoxy groups -OCH3 is 1. The van der Waals surface area contributed by atoms with E-state index in [1.165, 1.54) is 7.11 Å². The molecule has 0 bridgehead atoms. The minimum absolute atomic E-state index is 0.166. The second kappa shape index (κ2) is 4.46. The molecule has 0 saturated heterocycles. The molecular formula is C9H17NO3. The van der Waals surface area contributed by atoms with Crippen LogP contribution in [0.15, 0.2) is 0 Å². The summed E-state index contributed by atoms with van der Waals surface area (Å²) in [5.41, 5.74) is 0. The largest absolute Gasteiger partial charge is 0.453 e. The Kier molecular flexibility index (Phi) is 3.54. The highest BCUT2D eigenvalue weighted by Gasteiger charge is 2.31. The first-order chi connectivity index (χ1) is 6.17. The van der Waals surface area contributed by atoms with Gasteiger partial charge in [-0.15, -0.1) is 0 Å². The molecule has 1 aliphatic rings. The molecule has 0 radical (unpaired) electrons. The van der Waals surface area contributed by atoms with Crippen molar-refractivity contribution < 1.29 is 14.6 Å². The zero-order valence-corrected chi connectivity index (χ0v) is 8.12. The monoisotopic (exact) mass is 187 g/mol. The fourth-order valence-electron chi connectivity index (χ4n) is 1.93. The third kappa shape index (κ3) is 2.59. The number of rotatable bonds is 2. The maximum Gasteiger partial charge on any atom is 0.407 e. The molecule has 3 atom stereocenters. The Morgan fingerprint density at radius 1 is 1.62 bits per heavy atom. The number of nitrogens with one attached hydrogen (secondary N) is 1. The molecule has 76 valence electrons. The Balaban J connectivity index is 2.35. The van der Waals surface area contributed by atoms with Crippen molar-refractivity contribution in [3.63, 3.8) is 0 Å². The normalized spacial score (nSPS) is 33.0. The molecule has 0 aliphatic heterocycles. The van der Waals surface area contributed by atoms with E-state index in [0.29, 0.717) is 11.8 Å². The zero-order chi connectivity index (χ0) is 9.84. The lowest BCUT2D eigenvalue weighted by Crippen LogP contribution is -2.32. The summed E-state index contributed by atoms with van der Waals surface area (Å²) in [5, 5.41) is 11.8. The van der Waals surface area contributed by atoms with Gasteiger partial charge in [-0.25, -0.2) is 4.79 Å². The van der Waals surface area contributed by atoms with Crippen LogP contribution >= 0.6 is 0 Å². The molecule has 13 heavy (non-hydrogen) atoms. The van der Waals surface area contributed by atoms with E-state index in [1.807, 2.05) is 0 Å². The molecule has 1 amide bonds. The molecule has 0 spiro atoms. The molecule has 1 fully saturated rings. The maximum absolute atomic E-state index is 10.9. The summed E-state index contributed by atoms with van der Waals surface area (Å²) in [7, 11) is 1.36. The van der Waals surface area contributed by atoms with E-state index in [0.717, 1.165) is 12.8 Å². The zero-order valence-electron chi connectivity index (χ0n) is 8.12. The van der Waals surface area contributed by atoms with Gasteiger partial charge in [-0.1, -0.05) is 6.92 Å². The second-order valence-corrected chi connectivity index (χ2v) is 3.72. The van der Waals surface area contributed by atoms with E-state index in [4.69, 9.17) is 5.11 Å². The van der Waals surface area contributed by atoms with Crippen LogP contribution in [0.4, 0.5) is 4.79 Å². The molecule has 0 aromatic carbocycles. The number of aliphatic hydroxyl groups is 1. The molecule has 0 aromatic heterocycles. The predicted molar refractivity (Wildman–Crippen MR) is 48.3 cm³/mol. The van der Waals surface area contributed by atoms with Crippen LogP contribution in [-0.2, 0) is 4.74 Å². The van der Waals surface area contributed by atoms with Crippen molar-refractivity contribution in [1.29, 1.82) is 0 Å². The number of amides is 1. The number of carbonyl (C=O) groups is 1.